The number of hydrogen-bond donors (Lipinski definition) is 2. The van der Waals surface area contributed by atoms with Crippen LogP contribution in [-0.4, -0.2) is 63.8 Å². The van der Waals surface area contributed by atoms with Crippen LogP contribution >= 0.6 is 0 Å². The zero-order valence-corrected chi connectivity index (χ0v) is 21.7. The summed E-state index contributed by atoms with van der Waals surface area (Å²) in [5.41, 5.74) is -1.03. The number of aliphatic carboxylic acids is 1. The Bertz CT molecular complexity index is 1100. The highest BCUT2D eigenvalue weighted by atomic mass is 16.6. The number of phenols is 1. The lowest BCUT2D eigenvalue weighted by atomic mass is 9.94. The Morgan fingerprint density at radius 1 is 1.05 bits per heavy atom. The van der Waals surface area contributed by atoms with E-state index in [1.807, 2.05) is 0 Å². The molecule has 11 nitrogen and oxygen atoms in total. The molecule has 2 N–H and O–H groups in total. The van der Waals surface area contributed by atoms with E-state index >= 15 is 0 Å². The van der Waals surface area contributed by atoms with E-state index in [9.17, 15) is 39.0 Å². The monoisotopic (exact) mass is 519 g/mol. The number of rotatable bonds is 3. The van der Waals surface area contributed by atoms with E-state index in [1.54, 1.807) is 34.6 Å². The second-order valence-corrected chi connectivity index (χ2v) is 10.1. The Morgan fingerprint density at radius 3 is 2.27 bits per heavy atom. The van der Waals surface area contributed by atoms with Crippen molar-refractivity contribution in [1.29, 1.82) is 0 Å². The highest BCUT2D eigenvalue weighted by molar-refractivity contribution is 6.63. The van der Waals surface area contributed by atoms with Crippen LogP contribution in [0.4, 0.5) is 10.5 Å². The lowest BCUT2D eigenvalue weighted by Gasteiger charge is -2.27. The van der Waals surface area contributed by atoms with Crippen molar-refractivity contribution in [2.75, 3.05) is 11.4 Å². The van der Waals surface area contributed by atoms with Crippen LogP contribution in [0.2, 0.25) is 0 Å². The van der Waals surface area contributed by atoms with E-state index in [4.69, 9.17) is 9.47 Å². The predicted octanol–water partition coefficient (Wildman–Crippen LogP) is 3.22. The Labute approximate surface area is 214 Å². The normalized spacial score (nSPS) is 19.9. The quantitative estimate of drug-likeness (QED) is 0.447. The first-order valence-electron chi connectivity index (χ1n) is 12.0. The molecule has 1 aromatic rings. The van der Waals surface area contributed by atoms with Gasteiger partial charge in [0, 0.05) is 18.9 Å². The van der Waals surface area contributed by atoms with Gasteiger partial charge in [0.2, 0.25) is 11.6 Å². The zero-order valence-electron chi connectivity index (χ0n) is 21.7. The Balaban J connectivity index is 2.56. The van der Waals surface area contributed by atoms with E-state index in [1.165, 1.54) is 6.07 Å². The zero-order chi connectivity index (χ0) is 28.1. The summed E-state index contributed by atoms with van der Waals surface area (Å²) in [7, 11) is 0. The summed E-state index contributed by atoms with van der Waals surface area (Å²) in [5.74, 6) is -5.82. The molecule has 11 heteroatoms. The van der Waals surface area contributed by atoms with Crippen LogP contribution in [0.15, 0.2) is 12.1 Å². The number of cyclic esters (lactones) is 1. The number of carbonyl (C=O) groups is 6. The van der Waals surface area contributed by atoms with E-state index in [0.29, 0.717) is 0 Å². The van der Waals surface area contributed by atoms with Gasteiger partial charge in [-0.25, -0.2) is 9.59 Å². The minimum atomic E-state index is -1.35. The number of benzene rings is 1. The van der Waals surface area contributed by atoms with Gasteiger partial charge >= 0.3 is 18.0 Å². The van der Waals surface area contributed by atoms with Crippen molar-refractivity contribution in [2.45, 2.75) is 78.4 Å². The van der Waals surface area contributed by atoms with Gasteiger partial charge in [-0.3, -0.25) is 24.1 Å². The number of hydrogen-bond acceptors (Lipinski definition) is 9. The molecule has 2 rings (SSSR count). The van der Waals surface area contributed by atoms with E-state index < -0.39 is 59.4 Å². The van der Waals surface area contributed by atoms with Gasteiger partial charge in [0.05, 0.1) is 5.69 Å². The average Bonchev–Trinajstić information content (AvgIpc) is 2.77. The Morgan fingerprint density at radius 2 is 1.68 bits per heavy atom. The maximum atomic E-state index is 13.0. The molecule has 0 bridgehead atoms. The summed E-state index contributed by atoms with van der Waals surface area (Å²) in [6, 6.07) is 2.40. The number of anilines is 1. The molecule has 37 heavy (non-hydrogen) atoms. The number of carbonyl (C=O) groups excluding carboxylic acids is 5. The SMILES string of the molecule is C[C@@H]1CCC(=O)C(=O)C(=O)CCCc2cc(N(CC(=O)O)C(=O)OC(C)(C)C)cc(O)c2C(=O)O[C@H]1C. The Hall–Kier alpha value is -3.76. The summed E-state index contributed by atoms with van der Waals surface area (Å²) in [5, 5.41) is 20.1. The number of ether oxygens (including phenoxy) is 2. The van der Waals surface area contributed by atoms with Gasteiger partial charge in [-0.1, -0.05) is 6.92 Å². The van der Waals surface area contributed by atoms with Gasteiger partial charge in [-0.15, -0.1) is 0 Å². The fraction of sp³-hybridized carbons (Fsp3) is 0.538. The molecule has 0 spiro atoms. The molecule has 0 aromatic heterocycles. The third kappa shape index (κ3) is 8.12. The van der Waals surface area contributed by atoms with Crippen LogP contribution in [0.1, 0.15) is 76.2 Å². The lowest BCUT2D eigenvalue weighted by molar-refractivity contribution is -0.144. The number of fused-ring (bicyclic) bond motifs is 1. The highest BCUT2D eigenvalue weighted by Gasteiger charge is 2.30. The maximum Gasteiger partial charge on any atom is 0.415 e. The molecule has 1 aromatic carbocycles. The van der Waals surface area contributed by atoms with E-state index in [0.717, 1.165) is 11.0 Å². The van der Waals surface area contributed by atoms with Crippen LogP contribution in [-0.2, 0) is 35.1 Å². The van der Waals surface area contributed by atoms with Crippen LogP contribution in [0, 0.1) is 5.92 Å². The van der Waals surface area contributed by atoms with Gasteiger partial charge < -0.3 is 19.7 Å². The van der Waals surface area contributed by atoms with E-state index in [-0.39, 0.29) is 54.8 Å². The highest BCUT2D eigenvalue weighted by Crippen LogP contribution is 2.32. The van der Waals surface area contributed by atoms with Crippen LogP contribution in [0.5, 0.6) is 5.75 Å². The fourth-order valence-corrected chi connectivity index (χ4v) is 3.73. The Kier molecular flexibility index (Phi) is 9.55. The number of carboxylic acid groups (broad SMARTS) is 1. The van der Waals surface area contributed by atoms with Crippen molar-refractivity contribution in [1.82, 2.24) is 0 Å². The first-order chi connectivity index (χ1) is 17.1. The summed E-state index contributed by atoms with van der Waals surface area (Å²) in [6.07, 6.45) is -1.87. The number of aryl methyl sites for hydroxylation is 1. The van der Waals surface area contributed by atoms with Gasteiger partial charge in [0.1, 0.15) is 29.6 Å². The topological polar surface area (TPSA) is 165 Å². The summed E-state index contributed by atoms with van der Waals surface area (Å²) in [6.45, 7) is 7.34. The van der Waals surface area contributed by atoms with Gasteiger partial charge in [-0.2, -0.15) is 0 Å². The molecule has 0 saturated carbocycles. The molecular formula is C26H33NO10. The van der Waals surface area contributed by atoms with Crippen LogP contribution < -0.4 is 4.90 Å². The molecule has 2 atom stereocenters. The molecule has 0 fully saturated rings. The largest absolute Gasteiger partial charge is 0.507 e. The van der Waals surface area contributed by atoms with Crippen molar-refractivity contribution in [3.05, 3.63) is 23.3 Å². The number of phenolic OH excluding ortho intramolecular Hbond substituents is 1. The third-order valence-electron chi connectivity index (χ3n) is 5.88. The summed E-state index contributed by atoms with van der Waals surface area (Å²) in [4.78, 5) is 74.6. The molecule has 202 valence electrons. The van der Waals surface area contributed by atoms with Gasteiger partial charge in [0.15, 0.2) is 0 Å². The second-order valence-electron chi connectivity index (χ2n) is 10.1. The standard InChI is InChI=1S/C26H33NO10/c1-14-9-10-19(29)23(33)18(28)8-6-7-16-11-17(12-20(30)22(16)24(34)36-15(14)2)27(13-21(31)32)25(35)37-26(3,4)5/h11-12,14-15,30H,6-10,13H2,1-5H3,(H,31,32)/t14-,15+/m1/s1. The summed E-state index contributed by atoms with van der Waals surface area (Å²) >= 11 is 0. The summed E-state index contributed by atoms with van der Waals surface area (Å²) < 4.78 is 10.8. The molecule has 0 radical (unpaired) electrons. The molecule has 1 aliphatic rings. The second kappa shape index (κ2) is 12.0. The van der Waals surface area contributed by atoms with Crippen molar-refractivity contribution in [2.24, 2.45) is 5.92 Å². The number of nitrogens with zero attached hydrogens (tertiary/aromatic N) is 1. The third-order valence-corrected chi connectivity index (χ3v) is 5.88. The molecule has 0 saturated heterocycles. The van der Waals surface area contributed by atoms with Gasteiger partial charge in [-0.05, 0) is 64.5 Å². The van der Waals surface area contributed by atoms with Crippen molar-refractivity contribution >= 4 is 41.1 Å². The predicted molar refractivity (Wildman–Crippen MR) is 131 cm³/mol. The molecule has 0 aliphatic carbocycles. The van der Waals surface area contributed by atoms with Crippen LogP contribution in [0.3, 0.4) is 0 Å². The number of amides is 1. The van der Waals surface area contributed by atoms with Crippen LogP contribution in [0.25, 0.3) is 0 Å². The number of ketones is 3. The molecular weight excluding hydrogens is 486 g/mol. The number of aromatic hydroxyl groups is 1. The first kappa shape index (κ1) is 29.5. The lowest BCUT2D eigenvalue weighted by Crippen LogP contribution is -2.40. The molecule has 1 amide bonds. The van der Waals surface area contributed by atoms with Crippen molar-refractivity contribution < 1.29 is 48.5 Å². The molecule has 1 aliphatic heterocycles. The first-order valence-corrected chi connectivity index (χ1v) is 12.0. The number of esters is 1. The fourth-order valence-electron chi connectivity index (χ4n) is 3.73. The molecule has 0 unspecified atom stereocenters. The minimum Gasteiger partial charge on any atom is -0.507 e. The maximum absolute atomic E-state index is 13.0. The molecule has 1 heterocycles. The smallest absolute Gasteiger partial charge is 0.415 e. The van der Waals surface area contributed by atoms with Crippen molar-refractivity contribution in [3.63, 3.8) is 0 Å². The average molecular weight is 520 g/mol. The van der Waals surface area contributed by atoms with Gasteiger partial charge in [0.25, 0.3) is 5.78 Å². The number of Topliss-reactive ketones (excluding diaryl/α,β-unsaturated/α-hetero) is 3. The van der Waals surface area contributed by atoms with E-state index in [2.05, 4.69) is 0 Å². The minimum absolute atomic E-state index is 0.0157. The number of carboxylic acids is 1. The van der Waals surface area contributed by atoms with Crippen molar-refractivity contribution in [3.8, 4) is 5.75 Å².